The van der Waals surface area contributed by atoms with Crippen molar-refractivity contribution in [2.24, 2.45) is 5.41 Å². The molecule has 2 aliphatic heterocycles. The second-order valence-corrected chi connectivity index (χ2v) is 11.1. The molecule has 2 N–H and O–H groups in total. The van der Waals surface area contributed by atoms with E-state index in [4.69, 9.17) is 4.74 Å². The lowest BCUT2D eigenvalue weighted by atomic mass is 9.69. The molecule has 3 aromatic rings. The monoisotopic (exact) mass is 477 g/mol. The first-order valence-electron chi connectivity index (χ1n) is 13.5. The molecular formula is C27H37N6O2+. The SMILES string of the molecule is Cc1cccc2cc([C@@H](c3nnnn3C[C@H]3CCCO3)[NH+]3CCCC4(CCCCC4)C3)c(=O)[nH]c12. The van der Waals surface area contributed by atoms with Crippen LogP contribution in [0.3, 0.4) is 0 Å². The van der Waals surface area contributed by atoms with Gasteiger partial charge in [-0.1, -0.05) is 37.5 Å². The van der Waals surface area contributed by atoms with Gasteiger partial charge < -0.3 is 14.6 Å². The summed E-state index contributed by atoms with van der Waals surface area (Å²) in [6.45, 7) is 5.59. The van der Waals surface area contributed by atoms with Crippen LogP contribution >= 0.6 is 0 Å². The molecule has 35 heavy (non-hydrogen) atoms. The quantitative estimate of drug-likeness (QED) is 0.590. The van der Waals surface area contributed by atoms with E-state index in [2.05, 4.69) is 38.7 Å². The lowest BCUT2D eigenvalue weighted by molar-refractivity contribution is -0.939. The number of piperidine rings is 1. The number of fused-ring (bicyclic) bond motifs is 1. The molecule has 0 radical (unpaired) electrons. The molecular weight excluding hydrogens is 440 g/mol. The molecule has 1 spiro atoms. The van der Waals surface area contributed by atoms with Crippen molar-refractivity contribution >= 4 is 10.9 Å². The highest BCUT2D eigenvalue weighted by Crippen LogP contribution is 2.40. The number of hydrogen-bond acceptors (Lipinski definition) is 5. The topological polar surface area (TPSA) is 90.1 Å². The maximum Gasteiger partial charge on any atom is 0.258 e. The first kappa shape index (κ1) is 22.9. The lowest BCUT2D eigenvalue weighted by Crippen LogP contribution is -3.15. The van der Waals surface area contributed by atoms with Crippen molar-refractivity contribution in [3.63, 3.8) is 0 Å². The van der Waals surface area contributed by atoms with Crippen LogP contribution in [0.1, 0.15) is 80.8 Å². The molecule has 3 atom stereocenters. The van der Waals surface area contributed by atoms with Crippen molar-refractivity contribution in [1.29, 1.82) is 0 Å². The van der Waals surface area contributed by atoms with Gasteiger partial charge in [-0.2, -0.15) is 0 Å². The van der Waals surface area contributed by atoms with E-state index < -0.39 is 0 Å². The van der Waals surface area contributed by atoms with Crippen molar-refractivity contribution in [1.82, 2.24) is 25.2 Å². The second kappa shape index (κ2) is 9.47. The fourth-order valence-electron chi connectivity index (χ4n) is 7.01. The standard InChI is InChI=1S/C27H36N6O2/c1-19-8-5-9-20-16-22(26(34)28-23(19)20)24(25-29-30-31-33(25)17-21-10-6-15-35-21)32-14-7-13-27(18-32)11-3-2-4-12-27/h5,8-9,16,21,24H,2-4,6-7,10-15,17-18H2,1H3,(H,28,34)/p+1/t21-,24+/m1/s1. The number of quaternary nitrogens is 1. The molecule has 1 aromatic carbocycles. The highest BCUT2D eigenvalue weighted by atomic mass is 16.5. The Morgan fingerprint density at radius 2 is 2.06 bits per heavy atom. The van der Waals surface area contributed by atoms with Crippen molar-refractivity contribution in [2.45, 2.75) is 83.4 Å². The molecule has 3 aliphatic rings. The third-order valence-corrected chi connectivity index (χ3v) is 8.78. The summed E-state index contributed by atoms with van der Waals surface area (Å²) in [5, 5.41) is 14.1. The van der Waals surface area contributed by atoms with Crippen molar-refractivity contribution in [3.8, 4) is 0 Å². The van der Waals surface area contributed by atoms with E-state index in [0.717, 1.165) is 60.4 Å². The largest absolute Gasteiger partial charge is 0.376 e. The summed E-state index contributed by atoms with van der Waals surface area (Å²) < 4.78 is 7.82. The van der Waals surface area contributed by atoms with Gasteiger partial charge in [0, 0.05) is 12.0 Å². The highest BCUT2D eigenvalue weighted by Gasteiger charge is 2.44. The van der Waals surface area contributed by atoms with Crippen LogP contribution in [0.2, 0.25) is 0 Å². The zero-order chi connectivity index (χ0) is 23.8. The van der Waals surface area contributed by atoms with Gasteiger partial charge in [-0.05, 0) is 72.9 Å². The molecule has 2 saturated heterocycles. The number of aromatic nitrogens is 5. The number of para-hydroxylation sites is 1. The van der Waals surface area contributed by atoms with Gasteiger partial charge in [-0.25, -0.2) is 4.68 Å². The first-order chi connectivity index (χ1) is 17.1. The minimum atomic E-state index is -0.195. The van der Waals surface area contributed by atoms with Crippen LogP contribution in [0, 0.1) is 12.3 Å². The van der Waals surface area contributed by atoms with E-state index in [9.17, 15) is 4.79 Å². The average Bonchev–Trinajstić information content (AvgIpc) is 3.54. The fourth-order valence-corrected chi connectivity index (χ4v) is 7.01. The predicted octanol–water partition coefficient (Wildman–Crippen LogP) is 2.72. The molecule has 2 aromatic heterocycles. The maximum atomic E-state index is 13.6. The van der Waals surface area contributed by atoms with E-state index >= 15 is 0 Å². The summed E-state index contributed by atoms with van der Waals surface area (Å²) in [4.78, 5) is 18.2. The number of likely N-dealkylation sites (tertiary alicyclic amines) is 1. The Labute approximate surface area is 206 Å². The van der Waals surface area contributed by atoms with Crippen molar-refractivity contribution in [2.75, 3.05) is 19.7 Å². The van der Waals surface area contributed by atoms with E-state index in [1.807, 2.05) is 17.7 Å². The molecule has 6 rings (SSSR count). The van der Waals surface area contributed by atoms with E-state index in [0.29, 0.717) is 12.0 Å². The van der Waals surface area contributed by atoms with Crippen LogP contribution in [-0.2, 0) is 11.3 Å². The van der Waals surface area contributed by atoms with E-state index in [1.165, 1.54) is 49.8 Å². The third kappa shape index (κ3) is 4.42. The van der Waals surface area contributed by atoms with Crippen molar-refractivity contribution in [3.05, 3.63) is 51.6 Å². The Kier molecular flexibility index (Phi) is 6.18. The van der Waals surface area contributed by atoms with E-state index in [-0.39, 0.29) is 17.7 Å². The smallest absolute Gasteiger partial charge is 0.258 e. The number of benzene rings is 1. The molecule has 1 unspecified atom stereocenters. The van der Waals surface area contributed by atoms with Crippen LogP contribution in [-0.4, -0.2) is 51.0 Å². The van der Waals surface area contributed by atoms with Crippen molar-refractivity contribution < 1.29 is 9.64 Å². The van der Waals surface area contributed by atoms with Gasteiger partial charge in [0.15, 0.2) is 6.04 Å². The number of nitrogens with zero attached hydrogens (tertiary/aromatic N) is 4. The minimum Gasteiger partial charge on any atom is -0.376 e. The number of hydrogen-bond donors (Lipinski definition) is 2. The van der Waals surface area contributed by atoms with Gasteiger partial charge in [0.2, 0.25) is 5.82 Å². The number of tetrazole rings is 1. The minimum absolute atomic E-state index is 0.0285. The molecule has 8 heteroatoms. The van der Waals surface area contributed by atoms with Crippen LogP contribution in [0.5, 0.6) is 0 Å². The molecule has 1 saturated carbocycles. The molecule has 1 aliphatic carbocycles. The zero-order valence-electron chi connectivity index (χ0n) is 20.8. The van der Waals surface area contributed by atoms with Gasteiger partial charge >= 0.3 is 0 Å². The van der Waals surface area contributed by atoms with Crippen LogP contribution in [0.15, 0.2) is 29.1 Å². The van der Waals surface area contributed by atoms with Gasteiger partial charge in [-0.15, -0.1) is 5.10 Å². The number of aromatic amines is 1. The fraction of sp³-hybridized carbons (Fsp3) is 0.630. The normalized spacial score (nSPS) is 25.3. The summed E-state index contributed by atoms with van der Waals surface area (Å²) in [6.07, 6.45) is 11.3. The predicted molar refractivity (Wildman–Crippen MR) is 133 cm³/mol. The summed E-state index contributed by atoms with van der Waals surface area (Å²) in [6, 6.07) is 8.08. The number of pyridine rings is 1. The molecule has 3 fully saturated rings. The number of H-pyrrole nitrogens is 1. The Bertz CT molecular complexity index is 1230. The van der Waals surface area contributed by atoms with Gasteiger partial charge in [0.1, 0.15) is 0 Å². The summed E-state index contributed by atoms with van der Waals surface area (Å²) >= 11 is 0. The van der Waals surface area contributed by atoms with Gasteiger partial charge in [0.25, 0.3) is 5.56 Å². The molecule has 8 nitrogen and oxygen atoms in total. The third-order valence-electron chi connectivity index (χ3n) is 8.78. The summed E-state index contributed by atoms with van der Waals surface area (Å²) in [5.74, 6) is 0.792. The van der Waals surface area contributed by atoms with Gasteiger partial charge in [0.05, 0.1) is 36.8 Å². The number of rotatable bonds is 5. The first-order valence-corrected chi connectivity index (χ1v) is 13.5. The van der Waals surface area contributed by atoms with Crippen LogP contribution < -0.4 is 10.5 Å². The molecule has 0 amide bonds. The maximum absolute atomic E-state index is 13.6. The number of nitrogens with one attached hydrogen (secondary N) is 2. The molecule has 186 valence electrons. The molecule has 4 heterocycles. The Balaban J connectivity index is 1.44. The second-order valence-electron chi connectivity index (χ2n) is 11.1. The lowest BCUT2D eigenvalue weighted by Gasteiger charge is -2.44. The number of ether oxygens (including phenoxy) is 1. The van der Waals surface area contributed by atoms with Gasteiger partial charge in [-0.3, -0.25) is 4.79 Å². The zero-order valence-corrected chi connectivity index (χ0v) is 20.8. The Morgan fingerprint density at radius 3 is 2.89 bits per heavy atom. The van der Waals surface area contributed by atoms with Crippen LogP contribution in [0.4, 0.5) is 0 Å². The average molecular weight is 478 g/mol. The molecule has 0 bridgehead atoms. The Morgan fingerprint density at radius 1 is 1.20 bits per heavy atom. The van der Waals surface area contributed by atoms with Crippen LogP contribution in [0.25, 0.3) is 10.9 Å². The highest BCUT2D eigenvalue weighted by molar-refractivity contribution is 5.82. The Hall–Kier alpha value is -2.58. The summed E-state index contributed by atoms with van der Waals surface area (Å²) in [7, 11) is 0. The van der Waals surface area contributed by atoms with E-state index in [1.54, 1.807) is 0 Å². The number of aryl methyl sites for hydroxylation is 1. The summed E-state index contributed by atoms with van der Waals surface area (Å²) in [5.41, 5.74) is 3.12.